The highest BCUT2D eigenvalue weighted by Gasteiger charge is 1.97. The summed E-state index contributed by atoms with van der Waals surface area (Å²) in [6, 6.07) is 7.64. The number of hydrogen-bond acceptors (Lipinski definition) is 1. The zero-order valence-electron chi connectivity index (χ0n) is 7.23. The first kappa shape index (κ1) is 8.62. The van der Waals surface area contributed by atoms with Gasteiger partial charge in [-0.2, -0.15) is 0 Å². The summed E-state index contributed by atoms with van der Waals surface area (Å²) < 4.78 is 0. The lowest BCUT2D eigenvalue weighted by atomic mass is 10.0. The molecule has 0 saturated heterocycles. The van der Waals surface area contributed by atoms with Crippen molar-refractivity contribution >= 4 is 5.69 Å². The van der Waals surface area contributed by atoms with E-state index in [2.05, 4.69) is 23.9 Å². The van der Waals surface area contributed by atoms with Gasteiger partial charge in [0.1, 0.15) is 0 Å². The van der Waals surface area contributed by atoms with E-state index >= 15 is 0 Å². The van der Waals surface area contributed by atoms with Crippen LogP contribution in [0.1, 0.15) is 25.3 Å². The topological polar surface area (TPSA) is 48.8 Å². The molecule has 0 heterocycles. The Morgan fingerprint density at radius 1 is 1.42 bits per heavy atom. The molecule has 0 N–H and O–H groups in total. The Kier molecular flexibility index (Phi) is 2.72. The third-order valence-corrected chi connectivity index (χ3v) is 1.70. The number of benzene rings is 1. The van der Waals surface area contributed by atoms with Crippen LogP contribution in [0.4, 0.5) is 5.69 Å². The lowest BCUT2D eigenvalue weighted by Crippen LogP contribution is -1.84. The molecular formula is C9H11N3. The third kappa shape index (κ3) is 2.01. The normalized spacial score (nSPS) is 9.58. The lowest BCUT2D eigenvalue weighted by molar-refractivity contribution is 0.867. The molecule has 0 bridgehead atoms. The summed E-state index contributed by atoms with van der Waals surface area (Å²) in [5.41, 5.74) is 10.1. The van der Waals surface area contributed by atoms with Crippen molar-refractivity contribution < 1.29 is 0 Å². The highest BCUT2D eigenvalue weighted by molar-refractivity contribution is 5.40. The van der Waals surface area contributed by atoms with E-state index in [4.69, 9.17) is 5.53 Å². The molecule has 1 rings (SSSR count). The zero-order valence-corrected chi connectivity index (χ0v) is 7.23. The standard InChI is InChI=1S/C9H11N3/c1-7(2)8-4-3-5-9(6-8)11-12-10/h3-7H,1-2H3. The van der Waals surface area contributed by atoms with E-state index in [1.165, 1.54) is 5.56 Å². The number of azide groups is 1. The highest BCUT2D eigenvalue weighted by atomic mass is 15.1. The molecule has 12 heavy (non-hydrogen) atoms. The van der Waals surface area contributed by atoms with Crippen molar-refractivity contribution in [3.63, 3.8) is 0 Å². The maximum atomic E-state index is 8.21. The Balaban J connectivity index is 3.03. The van der Waals surface area contributed by atoms with Crippen molar-refractivity contribution in [2.75, 3.05) is 0 Å². The van der Waals surface area contributed by atoms with Crippen LogP contribution in [0.25, 0.3) is 10.4 Å². The molecule has 0 radical (unpaired) electrons. The fraction of sp³-hybridized carbons (Fsp3) is 0.333. The first-order valence-electron chi connectivity index (χ1n) is 3.89. The van der Waals surface area contributed by atoms with Crippen LogP contribution < -0.4 is 0 Å². The summed E-state index contributed by atoms with van der Waals surface area (Å²) in [5.74, 6) is 0.471. The molecule has 0 atom stereocenters. The largest absolute Gasteiger partial charge is 0.0615 e. The molecule has 0 spiro atoms. The molecular weight excluding hydrogens is 150 g/mol. The molecule has 0 fully saturated rings. The van der Waals surface area contributed by atoms with Gasteiger partial charge in [0.25, 0.3) is 0 Å². The predicted octanol–water partition coefficient (Wildman–Crippen LogP) is 3.75. The summed E-state index contributed by atoms with van der Waals surface area (Å²) in [6.07, 6.45) is 0. The van der Waals surface area contributed by atoms with Crippen LogP contribution in [0.5, 0.6) is 0 Å². The molecule has 3 heteroatoms. The van der Waals surface area contributed by atoms with Gasteiger partial charge in [-0.3, -0.25) is 0 Å². The van der Waals surface area contributed by atoms with Crippen LogP contribution in [0.2, 0.25) is 0 Å². The van der Waals surface area contributed by atoms with Crippen molar-refractivity contribution in [1.82, 2.24) is 0 Å². The Hall–Kier alpha value is -1.47. The van der Waals surface area contributed by atoms with Crippen LogP contribution in [0.3, 0.4) is 0 Å². The third-order valence-electron chi connectivity index (χ3n) is 1.70. The van der Waals surface area contributed by atoms with Crippen molar-refractivity contribution in [1.29, 1.82) is 0 Å². The lowest BCUT2D eigenvalue weighted by Gasteiger charge is -2.04. The molecule has 0 unspecified atom stereocenters. The highest BCUT2D eigenvalue weighted by Crippen LogP contribution is 2.20. The van der Waals surface area contributed by atoms with E-state index in [1.807, 2.05) is 18.2 Å². The van der Waals surface area contributed by atoms with Gasteiger partial charge in [-0.25, -0.2) is 0 Å². The average Bonchev–Trinajstić information content (AvgIpc) is 2.05. The maximum Gasteiger partial charge on any atom is 0.0378 e. The first-order chi connectivity index (χ1) is 5.74. The molecule has 1 aromatic rings. The average molecular weight is 161 g/mol. The summed E-state index contributed by atoms with van der Waals surface area (Å²) in [7, 11) is 0. The molecule has 1 aromatic carbocycles. The molecule has 0 aliphatic rings. The van der Waals surface area contributed by atoms with Gasteiger partial charge in [0, 0.05) is 10.6 Å². The van der Waals surface area contributed by atoms with Crippen LogP contribution in [0, 0.1) is 0 Å². The van der Waals surface area contributed by atoms with E-state index < -0.39 is 0 Å². The van der Waals surface area contributed by atoms with Crippen LogP contribution in [-0.4, -0.2) is 0 Å². The molecule has 62 valence electrons. The van der Waals surface area contributed by atoms with Gasteiger partial charge in [-0.05, 0) is 23.1 Å². The van der Waals surface area contributed by atoms with Crippen LogP contribution in [-0.2, 0) is 0 Å². The molecule has 0 aromatic heterocycles. The Morgan fingerprint density at radius 3 is 2.75 bits per heavy atom. The Morgan fingerprint density at radius 2 is 2.17 bits per heavy atom. The Bertz CT molecular complexity index is 311. The summed E-state index contributed by atoms with van der Waals surface area (Å²) in [6.45, 7) is 4.21. The number of nitrogens with zero attached hydrogens (tertiary/aromatic N) is 3. The van der Waals surface area contributed by atoms with Gasteiger partial charge in [-0.15, -0.1) is 0 Å². The van der Waals surface area contributed by atoms with E-state index in [-0.39, 0.29) is 0 Å². The summed E-state index contributed by atoms with van der Waals surface area (Å²) in [5, 5.41) is 3.53. The fourth-order valence-electron chi connectivity index (χ4n) is 0.998. The van der Waals surface area contributed by atoms with Gasteiger partial charge in [-0.1, -0.05) is 37.2 Å². The van der Waals surface area contributed by atoms with E-state index in [0.29, 0.717) is 11.6 Å². The van der Waals surface area contributed by atoms with Gasteiger partial charge >= 0.3 is 0 Å². The van der Waals surface area contributed by atoms with Crippen LogP contribution in [0.15, 0.2) is 29.4 Å². The van der Waals surface area contributed by atoms with E-state index in [0.717, 1.165) is 0 Å². The smallest absolute Gasteiger partial charge is 0.0378 e. The second-order valence-corrected chi connectivity index (χ2v) is 2.94. The van der Waals surface area contributed by atoms with Crippen molar-refractivity contribution in [2.45, 2.75) is 19.8 Å². The van der Waals surface area contributed by atoms with Gasteiger partial charge in [0.05, 0.1) is 0 Å². The van der Waals surface area contributed by atoms with Crippen molar-refractivity contribution in [3.8, 4) is 0 Å². The number of rotatable bonds is 2. The van der Waals surface area contributed by atoms with E-state index in [1.54, 1.807) is 6.07 Å². The monoisotopic (exact) mass is 161 g/mol. The van der Waals surface area contributed by atoms with Crippen molar-refractivity contribution in [2.24, 2.45) is 5.11 Å². The zero-order chi connectivity index (χ0) is 8.97. The van der Waals surface area contributed by atoms with Gasteiger partial charge in [0.15, 0.2) is 0 Å². The molecule has 0 aliphatic heterocycles. The maximum absolute atomic E-state index is 8.21. The summed E-state index contributed by atoms with van der Waals surface area (Å²) in [4.78, 5) is 2.73. The second kappa shape index (κ2) is 3.79. The number of hydrogen-bond donors (Lipinski definition) is 0. The minimum Gasteiger partial charge on any atom is -0.0615 e. The minimum absolute atomic E-state index is 0.471. The first-order valence-corrected chi connectivity index (χ1v) is 3.89. The van der Waals surface area contributed by atoms with Crippen LogP contribution >= 0.6 is 0 Å². The molecule has 0 aliphatic carbocycles. The quantitative estimate of drug-likeness (QED) is 0.360. The van der Waals surface area contributed by atoms with Crippen molar-refractivity contribution in [3.05, 3.63) is 40.3 Å². The molecule has 0 amide bonds. The summed E-state index contributed by atoms with van der Waals surface area (Å²) >= 11 is 0. The van der Waals surface area contributed by atoms with Gasteiger partial charge in [0.2, 0.25) is 0 Å². The van der Waals surface area contributed by atoms with Gasteiger partial charge < -0.3 is 0 Å². The second-order valence-electron chi connectivity index (χ2n) is 2.94. The van der Waals surface area contributed by atoms with E-state index in [9.17, 15) is 0 Å². The Labute approximate surface area is 71.7 Å². The minimum atomic E-state index is 0.471. The SMILES string of the molecule is CC(C)c1cccc(N=[N+]=[N-])c1. The molecule has 0 saturated carbocycles. The fourth-order valence-corrected chi connectivity index (χ4v) is 0.998. The predicted molar refractivity (Wildman–Crippen MR) is 49.3 cm³/mol. The molecule has 3 nitrogen and oxygen atoms in total.